The van der Waals surface area contributed by atoms with E-state index in [0.717, 1.165) is 26.2 Å². The average molecular weight is 247 g/mol. The van der Waals surface area contributed by atoms with Crippen molar-refractivity contribution >= 4 is 5.69 Å². The van der Waals surface area contributed by atoms with Gasteiger partial charge in [-0.25, -0.2) is 4.39 Å². The summed E-state index contributed by atoms with van der Waals surface area (Å²) < 4.78 is 13.6. The summed E-state index contributed by atoms with van der Waals surface area (Å²) >= 11 is 0. The van der Waals surface area contributed by atoms with E-state index in [2.05, 4.69) is 10.2 Å². The van der Waals surface area contributed by atoms with E-state index in [1.54, 1.807) is 12.1 Å². The molecule has 3 nitrogen and oxygen atoms in total. The molecule has 0 saturated carbocycles. The zero-order chi connectivity index (χ0) is 12.8. The van der Waals surface area contributed by atoms with Crippen molar-refractivity contribution in [1.29, 1.82) is 5.26 Å². The molecular weight excluding hydrogens is 229 g/mol. The lowest BCUT2D eigenvalue weighted by atomic mass is 10.1. The van der Waals surface area contributed by atoms with E-state index < -0.39 is 0 Å². The smallest absolute Gasteiger partial charge is 0.147 e. The van der Waals surface area contributed by atoms with E-state index in [0.29, 0.717) is 11.3 Å². The maximum Gasteiger partial charge on any atom is 0.147 e. The molecule has 1 aliphatic heterocycles. The Labute approximate surface area is 107 Å². The van der Waals surface area contributed by atoms with Crippen molar-refractivity contribution in [2.45, 2.75) is 19.3 Å². The maximum atomic E-state index is 13.6. The summed E-state index contributed by atoms with van der Waals surface area (Å²) in [4.78, 5) is 2.40. The third-order valence-corrected chi connectivity index (χ3v) is 3.29. The third kappa shape index (κ3) is 3.44. The van der Waals surface area contributed by atoms with Gasteiger partial charge in [-0.1, -0.05) is 6.42 Å². The summed E-state index contributed by atoms with van der Waals surface area (Å²) in [7, 11) is 0. The van der Waals surface area contributed by atoms with Crippen LogP contribution in [-0.4, -0.2) is 31.1 Å². The van der Waals surface area contributed by atoms with Gasteiger partial charge in [0.05, 0.1) is 17.3 Å². The molecule has 0 atom stereocenters. The van der Waals surface area contributed by atoms with E-state index in [-0.39, 0.29) is 5.82 Å². The summed E-state index contributed by atoms with van der Waals surface area (Å²) in [5.41, 5.74) is 0.833. The molecule has 1 heterocycles. The van der Waals surface area contributed by atoms with Crippen LogP contribution < -0.4 is 5.32 Å². The molecule has 1 saturated heterocycles. The van der Waals surface area contributed by atoms with Gasteiger partial charge < -0.3 is 10.2 Å². The third-order valence-electron chi connectivity index (χ3n) is 3.29. The lowest BCUT2D eigenvalue weighted by Gasteiger charge is -2.26. The minimum atomic E-state index is -0.354. The second-order valence-corrected chi connectivity index (χ2v) is 4.64. The molecule has 1 fully saturated rings. The van der Waals surface area contributed by atoms with Crippen LogP contribution >= 0.6 is 0 Å². The SMILES string of the molecule is N#Cc1ccc(NCCN2CCCCC2)c(F)c1. The fourth-order valence-electron chi connectivity index (χ4n) is 2.26. The lowest BCUT2D eigenvalue weighted by molar-refractivity contribution is 0.237. The molecule has 1 aliphatic rings. The van der Waals surface area contributed by atoms with E-state index in [1.165, 1.54) is 25.3 Å². The highest BCUT2D eigenvalue weighted by atomic mass is 19.1. The van der Waals surface area contributed by atoms with Crippen LogP contribution in [0.25, 0.3) is 0 Å². The Hall–Kier alpha value is -1.60. The Morgan fingerprint density at radius 1 is 1.28 bits per heavy atom. The number of nitrogens with zero attached hydrogens (tertiary/aromatic N) is 2. The zero-order valence-corrected chi connectivity index (χ0v) is 10.5. The molecule has 0 amide bonds. The molecule has 1 aromatic carbocycles. The van der Waals surface area contributed by atoms with Crippen molar-refractivity contribution in [3.05, 3.63) is 29.6 Å². The molecule has 4 heteroatoms. The fraction of sp³-hybridized carbons (Fsp3) is 0.500. The van der Waals surface area contributed by atoms with Crippen LogP contribution in [0.1, 0.15) is 24.8 Å². The Bertz CT molecular complexity index is 433. The molecule has 0 aliphatic carbocycles. The molecule has 0 bridgehead atoms. The van der Waals surface area contributed by atoms with Crippen LogP contribution in [-0.2, 0) is 0 Å². The van der Waals surface area contributed by atoms with Crippen molar-refractivity contribution in [2.75, 3.05) is 31.5 Å². The number of rotatable bonds is 4. The molecule has 96 valence electrons. The van der Waals surface area contributed by atoms with Crippen LogP contribution in [0.5, 0.6) is 0 Å². The first-order valence-electron chi connectivity index (χ1n) is 6.45. The lowest BCUT2D eigenvalue weighted by Crippen LogP contribution is -2.33. The number of benzene rings is 1. The molecule has 0 unspecified atom stereocenters. The zero-order valence-electron chi connectivity index (χ0n) is 10.5. The maximum absolute atomic E-state index is 13.6. The first kappa shape index (κ1) is 12.8. The van der Waals surface area contributed by atoms with Crippen molar-refractivity contribution in [3.8, 4) is 6.07 Å². The number of hydrogen-bond donors (Lipinski definition) is 1. The largest absolute Gasteiger partial charge is 0.381 e. The highest BCUT2D eigenvalue weighted by Gasteiger charge is 2.09. The van der Waals surface area contributed by atoms with Gasteiger partial charge in [0.15, 0.2) is 0 Å². The molecule has 0 spiro atoms. The summed E-state index contributed by atoms with van der Waals surface area (Å²) in [5.74, 6) is -0.354. The number of hydrogen-bond acceptors (Lipinski definition) is 3. The molecule has 1 N–H and O–H groups in total. The molecular formula is C14H18FN3. The van der Waals surface area contributed by atoms with Gasteiger partial charge in [0.25, 0.3) is 0 Å². The minimum Gasteiger partial charge on any atom is -0.381 e. The average Bonchev–Trinajstić information content (AvgIpc) is 2.42. The van der Waals surface area contributed by atoms with Crippen molar-refractivity contribution < 1.29 is 4.39 Å². The quantitative estimate of drug-likeness (QED) is 0.889. The second kappa shape index (κ2) is 6.36. The van der Waals surface area contributed by atoms with E-state index in [4.69, 9.17) is 5.26 Å². The van der Waals surface area contributed by atoms with Crippen LogP contribution in [0.15, 0.2) is 18.2 Å². The fourth-order valence-corrected chi connectivity index (χ4v) is 2.26. The van der Waals surface area contributed by atoms with Crippen LogP contribution in [0.4, 0.5) is 10.1 Å². The Kier molecular flexibility index (Phi) is 4.54. The summed E-state index contributed by atoms with van der Waals surface area (Å²) in [6, 6.07) is 6.45. The monoisotopic (exact) mass is 247 g/mol. The Balaban J connectivity index is 1.81. The highest BCUT2D eigenvalue weighted by molar-refractivity contribution is 5.48. The standard InChI is InChI=1S/C14H18FN3/c15-13-10-12(11-16)4-5-14(13)17-6-9-18-7-2-1-3-8-18/h4-5,10,17H,1-3,6-9H2. The molecule has 18 heavy (non-hydrogen) atoms. The van der Waals surface area contributed by atoms with Crippen molar-refractivity contribution in [1.82, 2.24) is 4.90 Å². The summed E-state index contributed by atoms with van der Waals surface area (Å²) in [5, 5.41) is 11.7. The number of likely N-dealkylation sites (tertiary alicyclic amines) is 1. The summed E-state index contributed by atoms with van der Waals surface area (Å²) in [6.07, 6.45) is 3.87. The molecule has 2 rings (SSSR count). The molecule has 1 aromatic rings. The summed E-state index contributed by atoms with van der Waals surface area (Å²) in [6.45, 7) is 3.98. The van der Waals surface area contributed by atoms with Gasteiger partial charge in [0.1, 0.15) is 5.82 Å². The van der Waals surface area contributed by atoms with Gasteiger partial charge in [-0.05, 0) is 44.1 Å². The Morgan fingerprint density at radius 2 is 2.06 bits per heavy atom. The van der Waals surface area contributed by atoms with Gasteiger partial charge in [-0.2, -0.15) is 5.26 Å². The minimum absolute atomic E-state index is 0.354. The van der Waals surface area contributed by atoms with Crippen LogP contribution in [0.2, 0.25) is 0 Å². The van der Waals surface area contributed by atoms with Gasteiger partial charge in [-0.3, -0.25) is 0 Å². The Morgan fingerprint density at radius 3 is 2.72 bits per heavy atom. The van der Waals surface area contributed by atoms with E-state index in [1.807, 2.05) is 6.07 Å². The number of nitriles is 1. The number of nitrogens with one attached hydrogen (secondary N) is 1. The number of halogens is 1. The topological polar surface area (TPSA) is 39.1 Å². The molecule has 0 aromatic heterocycles. The molecule has 0 radical (unpaired) electrons. The predicted octanol–water partition coefficient (Wildman–Crippen LogP) is 2.60. The normalized spacial score (nSPS) is 16.2. The second-order valence-electron chi connectivity index (χ2n) is 4.64. The van der Waals surface area contributed by atoms with Crippen LogP contribution in [0.3, 0.4) is 0 Å². The van der Waals surface area contributed by atoms with Gasteiger partial charge in [-0.15, -0.1) is 0 Å². The highest BCUT2D eigenvalue weighted by Crippen LogP contribution is 2.15. The van der Waals surface area contributed by atoms with E-state index >= 15 is 0 Å². The van der Waals surface area contributed by atoms with Gasteiger partial charge >= 0.3 is 0 Å². The van der Waals surface area contributed by atoms with Crippen molar-refractivity contribution in [2.24, 2.45) is 0 Å². The van der Waals surface area contributed by atoms with Crippen LogP contribution in [0, 0.1) is 17.1 Å². The predicted molar refractivity (Wildman–Crippen MR) is 69.9 cm³/mol. The van der Waals surface area contributed by atoms with Gasteiger partial charge in [0.2, 0.25) is 0 Å². The van der Waals surface area contributed by atoms with E-state index in [9.17, 15) is 4.39 Å². The first-order chi connectivity index (χ1) is 8.79. The van der Waals surface area contributed by atoms with Gasteiger partial charge in [0, 0.05) is 13.1 Å². The number of piperidine rings is 1. The first-order valence-corrected chi connectivity index (χ1v) is 6.45. The van der Waals surface area contributed by atoms with Crippen molar-refractivity contribution in [3.63, 3.8) is 0 Å². The number of anilines is 1.